The molecular formula is C13H24ClN. The van der Waals surface area contributed by atoms with E-state index >= 15 is 0 Å². The lowest BCUT2D eigenvalue weighted by Gasteiger charge is -2.00. The first-order valence-corrected chi connectivity index (χ1v) is 5.97. The molecule has 1 heterocycles. The molecule has 0 aromatic carbocycles. The van der Waals surface area contributed by atoms with Gasteiger partial charge in [-0.1, -0.05) is 39.0 Å². The molecule has 0 aliphatic heterocycles. The standard InChI is InChI=1S/C13H23N.ClH/c1-3-4-5-6-7-8-9-13-10-11-14-12(13)2;/h10-11,14H,3-9H2,1-2H3;1H. The zero-order valence-corrected chi connectivity index (χ0v) is 10.8. The molecule has 1 nitrogen and oxygen atoms in total. The zero-order chi connectivity index (χ0) is 10.2. The normalized spacial score (nSPS) is 10.0. The second-order valence-corrected chi connectivity index (χ2v) is 4.15. The van der Waals surface area contributed by atoms with E-state index in [2.05, 4.69) is 24.9 Å². The van der Waals surface area contributed by atoms with Gasteiger partial charge in [0.15, 0.2) is 0 Å². The summed E-state index contributed by atoms with van der Waals surface area (Å²) in [4.78, 5) is 3.23. The molecule has 0 spiro atoms. The Hall–Kier alpha value is -0.430. The summed E-state index contributed by atoms with van der Waals surface area (Å²) in [5.74, 6) is 0. The number of aryl methyl sites for hydroxylation is 2. The maximum Gasteiger partial charge on any atom is 0.0148 e. The van der Waals surface area contributed by atoms with Crippen LogP contribution in [0.4, 0.5) is 0 Å². The highest BCUT2D eigenvalue weighted by Crippen LogP contribution is 2.11. The largest absolute Gasteiger partial charge is 0.365 e. The van der Waals surface area contributed by atoms with Crippen molar-refractivity contribution in [2.75, 3.05) is 0 Å². The van der Waals surface area contributed by atoms with Gasteiger partial charge >= 0.3 is 0 Å². The number of hydrogen-bond acceptors (Lipinski definition) is 0. The Morgan fingerprint density at radius 1 is 1.07 bits per heavy atom. The van der Waals surface area contributed by atoms with Crippen molar-refractivity contribution in [3.8, 4) is 0 Å². The highest BCUT2D eigenvalue weighted by molar-refractivity contribution is 5.85. The van der Waals surface area contributed by atoms with Gasteiger partial charge in [-0.05, 0) is 31.4 Å². The number of aromatic nitrogens is 1. The molecule has 0 aliphatic rings. The fourth-order valence-corrected chi connectivity index (χ4v) is 1.85. The number of unbranched alkanes of at least 4 members (excludes halogenated alkanes) is 5. The molecule has 15 heavy (non-hydrogen) atoms. The van der Waals surface area contributed by atoms with Crippen LogP contribution in [0.3, 0.4) is 0 Å². The van der Waals surface area contributed by atoms with Crippen LogP contribution in [0.2, 0.25) is 0 Å². The van der Waals surface area contributed by atoms with Gasteiger partial charge in [0.05, 0.1) is 0 Å². The fourth-order valence-electron chi connectivity index (χ4n) is 1.85. The maximum atomic E-state index is 3.23. The van der Waals surface area contributed by atoms with E-state index in [1.807, 2.05) is 6.20 Å². The van der Waals surface area contributed by atoms with Crippen molar-refractivity contribution >= 4 is 12.4 Å². The maximum absolute atomic E-state index is 3.23. The number of aromatic amines is 1. The van der Waals surface area contributed by atoms with E-state index in [9.17, 15) is 0 Å². The summed E-state index contributed by atoms with van der Waals surface area (Å²) in [5.41, 5.74) is 2.85. The summed E-state index contributed by atoms with van der Waals surface area (Å²) in [5, 5.41) is 0. The topological polar surface area (TPSA) is 15.8 Å². The van der Waals surface area contributed by atoms with Crippen LogP contribution < -0.4 is 0 Å². The molecule has 0 radical (unpaired) electrons. The van der Waals surface area contributed by atoms with Crippen LogP contribution in [0.25, 0.3) is 0 Å². The molecule has 0 atom stereocenters. The molecule has 1 N–H and O–H groups in total. The third kappa shape index (κ3) is 5.88. The van der Waals surface area contributed by atoms with E-state index in [1.54, 1.807) is 0 Å². The average molecular weight is 230 g/mol. The molecule has 0 fully saturated rings. The quantitative estimate of drug-likeness (QED) is 0.656. The Labute approximate surface area is 100 Å². The summed E-state index contributed by atoms with van der Waals surface area (Å²) >= 11 is 0. The summed E-state index contributed by atoms with van der Waals surface area (Å²) in [7, 11) is 0. The summed E-state index contributed by atoms with van der Waals surface area (Å²) < 4.78 is 0. The molecule has 0 bridgehead atoms. The van der Waals surface area contributed by atoms with Gasteiger partial charge in [0.25, 0.3) is 0 Å². The molecule has 1 rings (SSSR count). The average Bonchev–Trinajstić information content (AvgIpc) is 2.58. The first-order valence-electron chi connectivity index (χ1n) is 5.97. The Morgan fingerprint density at radius 2 is 1.73 bits per heavy atom. The Morgan fingerprint density at radius 3 is 2.33 bits per heavy atom. The minimum Gasteiger partial charge on any atom is -0.365 e. The Kier molecular flexibility index (Phi) is 8.59. The van der Waals surface area contributed by atoms with Crippen LogP contribution in [0, 0.1) is 6.92 Å². The Bertz CT molecular complexity index is 242. The van der Waals surface area contributed by atoms with Crippen molar-refractivity contribution in [1.29, 1.82) is 0 Å². The molecule has 0 amide bonds. The van der Waals surface area contributed by atoms with Gasteiger partial charge in [-0.2, -0.15) is 0 Å². The van der Waals surface area contributed by atoms with Crippen LogP contribution in [0.15, 0.2) is 12.3 Å². The zero-order valence-electron chi connectivity index (χ0n) is 10.0. The molecule has 1 aromatic heterocycles. The second-order valence-electron chi connectivity index (χ2n) is 4.15. The number of rotatable bonds is 7. The summed E-state index contributed by atoms with van der Waals surface area (Å²) in [6.07, 6.45) is 11.6. The van der Waals surface area contributed by atoms with E-state index in [4.69, 9.17) is 0 Å². The second kappa shape index (κ2) is 8.84. The molecule has 88 valence electrons. The molecule has 0 saturated heterocycles. The van der Waals surface area contributed by atoms with Gasteiger partial charge in [0, 0.05) is 11.9 Å². The van der Waals surface area contributed by atoms with E-state index in [0.29, 0.717) is 0 Å². The van der Waals surface area contributed by atoms with Crippen LogP contribution >= 0.6 is 12.4 Å². The van der Waals surface area contributed by atoms with Gasteiger partial charge in [0.1, 0.15) is 0 Å². The third-order valence-electron chi connectivity index (χ3n) is 2.87. The molecular weight excluding hydrogens is 206 g/mol. The molecule has 0 saturated carbocycles. The van der Waals surface area contributed by atoms with Crippen molar-refractivity contribution in [2.24, 2.45) is 0 Å². The van der Waals surface area contributed by atoms with Gasteiger partial charge in [0.2, 0.25) is 0 Å². The highest BCUT2D eigenvalue weighted by atomic mass is 35.5. The Balaban J connectivity index is 0.00000196. The minimum absolute atomic E-state index is 0. The van der Waals surface area contributed by atoms with Gasteiger partial charge < -0.3 is 4.98 Å². The lowest BCUT2D eigenvalue weighted by Crippen LogP contribution is -1.86. The number of halogens is 1. The van der Waals surface area contributed by atoms with E-state index in [-0.39, 0.29) is 12.4 Å². The van der Waals surface area contributed by atoms with Crippen LogP contribution in [-0.4, -0.2) is 4.98 Å². The number of hydrogen-bond donors (Lipinski definition) is 1. The first-order chi connectivity index (χ1) is 6.84. The molecule has 1 aromatic rings. The summed E-state index contributed by atoms with van der Waals surface area (Å²) in [6.45, 7) is 4.43. The SMILES string of the molecule is CCCCCCCCc1cc[nH]c1C.Cl. The number of H-pyrrole nitrogens is 1. The van der Waals surface area contributed by atoms with Crippen LogP contribution in [0.1, 0.15) is 56.7 Å². The predicted molar refractivity (Wildman–Crippen MR) is 69.9 cm³/mol. The van der Waals surface area contributed by atoms with Gasteiger partial charge in [-0.25, -0.2) is 0 Å². The molecule has 2 heteroatoms. The van der Waals surface area contributed by atoms with E-state index in [1.165, 1.54) is 56.2 Å². The lowest BCUT2D eigenvalue weighted by molar-refractivity contribution is 0.607. The van der Waals surface area contributed by atoms with Crippen molar-refractivity contribution in [1.82, 2.24) is 4.98 Å². The van der Waals surface area contributed by atoms with Gasteiger partial charge in [-0.3, -0.25) is 0 Å². The fraction of sp³-hybridized carbons (Fsp3) is 0.692. The third-order valence-corrected chi connectivity index (χ3v) is 2.87. The molecule has 0 aliphatic carbocycles. The van der Waals surface area contributed by atoms with Crippen molar-refractivity contribution < 1.29 is 0 Å². The first kappa shape index (κ1) is 14.6. The van der Waals surface area contributed by atoms with E-state index in [0.717, 1.165) is 0 Å². The smallest absolute Gasteiger partial charge is 0.0148 e. The molecule has 0 unspecified atom stereocenters. The predicted octanol–water partition coefficient (Wildman–Crippen LogP) is 4.65. The van der Waals surface area contributed by atoms with Crippen molar-refractivity contribution in [3.05, 3.63) is 23.5 Å². The van der Waals surface area contributed by atoms with Crippen molar-refractivity contribution in [3.63, 3.8) is 0 Å². The van der Waals surface area contributed by atoms with E-state index < -0.39 is 0 Å². The monoisotopic (exact) mass is 229 g/mol. The number of nitrogens with one attached hydrogen (secondary N) is 1. The minimum atomic E-state index is 0. The highest BCUT2D eigenvalue weighted by Gasteiger charge is 1.97. The van der Waals surface area contributed by atoms with Crippen LogP contribution in [-0.2, 0) is 6.42 Å². The lowest BCUT2D eigenvalue weighted by atomic mass is 10.1. The van der Waals surface area contributed by atoms with Crippen LogP contribution in [0.5, 0.6) is 0 Å². The summed E-state index contributed by atoms with van der Waals surface area (Å²) in [6, 6.07) is 2.21. The van der Waals surface area contributed by atoms with Crippen molar-refractivity contribution in [2.45, 2.75) is 58.8 Å². The van der Waals surface area contributed by atoms with Gasteiger partial charge in [-0.15, -0.1) is 12.4 Å².